The van der Waals surface area contributed by atoms with Gasteiger partial charge >= 0.3 is 0 Å². The summed E-state index contributed by atoms with van der Waals surface area (Å²) in [4.78, 5) is 24.1. The molecule has 0 aliphatic heterocycles. The largest absolute Gasteiger partial charge is 0.483 e. The van der Waals surface area contributed by atoms with Gasteiger partial charge in [-0.05, 0) is 55.5 Å². The third-order valence-corrected chi connectivity index (χ3v) is 4.42. The van der Waals surface area contributed by atoms with Crippen molar-refractivity contribution in [2.75, 3.05) is 6.61 Å². The van der Waals surface area contributed by atoms with E-state index in [9.17, 15) is 9.59 Å². The van der Waals surface area contributed by atoms with Crippen molar-refractivity contribution in [3.63, 3.8) is 0 Å². The Bertz CT molecular complexity index is 854. The van der Waals surface area contributed by atoms with Crippen LogP contribution in [0, 0.1) is 13.8 Å². The molecule has 0 aliphatic rings. The maximum absolute atomic E-state index is 12.2. The van der Waals surface area contributed by atoms with Crippen molar-refractivity contribution >= 4 is 11.8 Å². The molecule has 2 aromatic rings. The van der Waals surface area contributed by atoms with Gasteiger partial charge in [-0.2, -0.15) is 0 Å². The molecule has 2 amide bonds. The van der Waals surface area contributed by atoms with Crippen molar-refractivity contribution in [2.24, 2.45) is 0 Å². The van der Waals surface area contributed by atoms with E-state index in [1.807, 2.05) is 56.3 Å². The van der Waals surface area contributed by atoms with Crippen LogP contribution in [0.1, 0.15) is 44.4 Å². The van der Waals surface area contributed by atoms with Gasteiger partial charge in [-0.25, -0.2) is 0 Å². The van der Waals surface area contributed by atoms with Gasteiger partial charge in [0, 0.05) is 0 Å². The SMILES string of the molecule is Cc1ccc(OCC(=O)NNC(=O)C(C)Oc2ccc(C(C)(C)C)cc2)c(C)c1. The summed E-state index contributed by atoms with van der Waals surface area (Å²) < 4.78 is 11.1. The number of benzene rings is 2. The van der Waals surface area contributed by atoms with Gasteiger partial charge < -0.3 is 9.47 Å². The minimum absolute atomic E-state index is 0.0466. The van der Waals surface area contributed by atoms with Crippen LogP contribution in [0.2, 0.25) is 0 Å². The summed E-state index contributed by atoms with van der Waals surface area (Å²) in [6.07, 6.45) is -0.768. The standard InChI is InChI=1S/C23H30N2O4/c1-15-7-12-20(16(2)13-15)28-14-21(26)24-25-22(27)17(3)29-19-10-8-18(9-11-19)23(4,5)6/h7-13,17H,14H2,1-6H3,(H,24,26)(H,25,27). The molecular weight excluding hydrogens is 368 g/mol. The van der Waals surface area contributed by atoms with Crippen LogP contribution in [-0.2, 0) is 15.0 Å². The van der Waals surface area contributed by atoms with Gasteiger partial charge in [-0.1, -0.05) is 50.6 Å². The van der Waals surface area contributed by atoms with E-state index in [1.165, 1.54) is 5.56 Å². The Labute approximate surface area is 172 Å². The molecule has 0 saturated heterocycles. The summed E-state index contributed by atoms with van der Waals surface area (Å²) in [5.74, 6) is 0.308. The first-order valence-electron chi connectivity index (χ1n) is 9.62. The Hall–Kier alpha value is -3.02. The number of hydrogen-bond donors (Lipinski definition) is 2. The highest BCUT2D eigenvalue weighted by molar-refractivity contribution is 5.85. The van der Waals surface area contributed by atoms with Gasteiger partial charge in [-0.15, -0.1) is 0 Å². The van der Waals surface area contributed by atoms with Gasteiger partial charge in [0.1, 0.15) is 11.5 Å². The maximum atomic E-state index is 12.2. The van der Waals surface area contributed by atoms with E-state index in [2.05, 4.69) is 31.6 Å². The van der Waals surface area contributed by atoms with Crippen molar-refractivity contribution in [3.8, 4) is 11.5 Å². The van der Waals surface area contributed by atoms with Crippen LogP contribution in [0.5, 0.6) is 11.5 Å². The Morgan fingerprint density at radius 3 is 2.24 bits per heavy atom. The molecule has 0 saturated carbocycles. The van der Waals surface area contributed by atoms with Crippen molar-refractivity contribution < 1.29 is 19.1 Å². The van der Waals surface area contributed by atoms with E-state index in [4.69, 9.17) is 9.47 Å². The molecule has 2 N–H and O–H groups in total. The second-order valence-corrected chi connectivity index (χ2v) is 8.13. The monoisotopic (exact) mass is 398 g/mol. The molecule has 0 fully saturated rings. The second-order valence-electron chi connectivity index (χ2n) is 8.13. The zero-order valence-electron chi connectivity index (χ0n) is 18.0. The highest BCUT2D eigenvalue weighted by Gasteiger charge is 2.17. The maximum Gasteiger partial charge on any atom is 0.279 e. The van der Waals surface area contributed by atoms with Crippen molar-refractivity contribution in [1.82, 2.24) is 10.9 Å². The van der Waals surface area contributed by atoms with Gasteiger partial charge in [0.25, 0.3) is 11.8 Å². The zero-order valence-corrected chi connectivity index (χ0v) is 18.0. The minimum Gasteiger partial charge on any atom is -0.483 e. The average molecular weight is 399 g/mol. The summed E-state index contributed by atoms with van der Waals surface area (Å²) in [6, 6.07) is 13.3. The molecule has 29 heavy (non-hydrogen) atoms. The van der Waals surface area contributed by atoms with Gasteiger partial charge in [0.15, 0.2) is 12.7 Å². The summed E-state index contributed by atoms with van der Waals surface area (Å²) in [6.45, 7) is 11.7. The molecule has 156 valence electrons. The lowest BCUT2D eigenvalue weighted by atomic mass is 9.87. The number of amides is 2. The minimum atomic E-state index is -0.768. The Morgan fingerprint density at radius 2 is 1.66 bits per heavy atom. The van der Waals surface area contributed by atoms with Crippen LogP contribution in [0.25, 0.3) is 0 Å². The third kappa shape index (κ3) is 6.82. The van der Waals surface area contributed by atoms with Gasteiger partial charge in [-0.3, -0.25) is 20.4 Å². The summed E-state index contributed by atoms with van der Waals surface area (Å²) >= 11 is 0. The van der Waals surface area contributed by atoms with Crippen LogP contribution >= 0.6 is 0 Å². The topological polar surface area (TPSA) is 76.7 Å². The van der Waals surface area contributed by atoms with E-state index in [1.54, 1.807) is 6.92 Å². The zero-order chi connectivity index (χ0) is 21.6. The molecule has 0 radical (unpaired) electrons. The Morgan fingerprint density at radius 1 is 1.00 bits per heavy atom. The fraction of sp³-hybridized carbons (Fsp3) is 0.391. The number of aryl methyl sites for hydroxylation is 2. The molecule has 6 nitrogen and oxygen atoms in total. The Balaban J connectivity index is 1.78. The van der Waals surface area contributed by atoms with Crippen LogP contribution in [-0.4, -0.2) is 24.5 Å². The smallest absolute Gasteiger partial charge is 0.279 e. The molecule has 0 bridgehead atoms. The molecule has 1 atom stereocenters. The first kappa shape index (κ1) is 22.3. The molecule has 1 unspecified atom stereocenters. The lowest BCUT2D eigenvalue weighted by Gasteiger charge is -2.20. The van der Waals surface area contributed by atoms with E-state index in [0.29, 0.717) is 11.5 Å². The molecule has 2 rings (SSSR count). The normalized spacial score (nSPS) is 12.1. The number of ether oxygens (including phenoxy) is 2. The third-order valence-electron chi connectivity index (χ3n) is 4.42. The van der Waals surface area contributed by atoms with Crippen molar-refractivity contribution in [2.45, 2.75) is 53.1 Å². The number of nitrogens with one attached hydrogen (secondary N) is 2. The number of rotatable bonds is 6. The van der Waals surface area contributed by atoms with E-state index in [-0.39, 0.29) is 12.0 Å². The summed E-state index contributed by atoms with van der Waals surface area (Å²) in [5.41, 5.74) is 7.98. The lowest BCUT2D eigenvalue weighted by Crippen LogP contribution is -2.48. The van der Waals surface area contributed by atoms with Gasteiger partial charge in [0.05, 0.1) is 0 Å². The van der Waals surface area contributed by atoms with E-state index < -0.39 is 17.9 Å². The number of hydrazine groups is 1. The molecule has 0 aromatic heterocycles. The molecule has 2 aromatic carbocycles. The highest BCUT2D eigenvalue weighted by Crippen LogP contribution is 2.24. The van der Waals surface area contributed by atoms with Crippen molar-refractivity contribution in [1.29, 1.82) is 0 Å². The molecule has 0 heterocycles. The number of hydrogen-bond acceptors (Lipinski definition) is 4. The van der Waals surface area contributed by atoms with E-state index >= 15 is 0 Å². The first-order valence-corrected chi connectivity index (χ1v) is 9.62. The summed E-state index contributed by atoms with van der Waals surface area (Å²) in [7, 11) is 0. The predicted octanol–water partition coefficient (Wildman–Crippen LogP) is 3.59. The van der Waals surface area contributed by atoms with Crippen LogP contribution in [0.3, 0.4) is 0 Å². The van der Waals surface area contributed by atoms with Crippen molar-refractivity contribution in [3.05, 3.63) is 59.2 Å². The van der Waals surface area contributed by atoms with Gasteiger partial charge in [0.2, 0.25) is 0 Å². The quantitative estimate of drug-likeness (QED) is 0.729. The molecule has 0 spiro atoms. The fourth-order valence-electron chi connectivity index (χ4n) is 2.66. The predicted molar refractivity (Wildman–Crippen MR) is 113 cm³/mol. The average Bonchev–Trinajstić information content (AvgIpc) is 2.65. The fourth-order valence-corrected chi connectivity index (χ4v) is 2.66. The molecular formula is C23H30N2O4. The molecule has 0 aliphatic carbocycles. The first-order chi connectivity index (χ1) is 13.6. The summed E-state index contributed by atoms with van der Waals surface area (Å²) in [5, 5.41) is 0. The highest BCUT2D eigenvalue weighted by atomic mass is 16.5. The second kappa shape index (κ2) is 9.45. The van der Waals surface area contributed by atoms with Crippen LogP contribution < -0.4 is 20.3 Å². The number of carbonyl (C=O) groups excluding carboxylic acids is 2. The lowest BCUT2D eigenvalue weighted by molar-refractivity contribution is -0.133. The Kier molecular flexibility index (Phi) is 7.26. The van der Waals surface area contributed by atoms with Crippen LogP contribution in [0.4, 0.5) is 0 Å². The molecule has 6 heteroatoms. The number of carbonyl (C=O) groups is 2. The van der Waals surface area contributed by atoms with E-state index in [0.717, 1.165) is 11.1 Å². The van der Waals surface area contributed by atoms with Crippen LogP contribution in [0.15, 0.2) is 42.5 Å².